The molecule has 1 saturated heterocycles. The molecular formula is C22H25N5O3. The van der Waals surface area contributed by atoms with Crippen LogP contribution in [0.4, 0.5) is 0 Å². The van der Waals surface area contributed by atoms with Gasteiger partial charge in [0.15, 0.2) is 5.65 Å². The number of hydrogen-bond acceptors (Lipinski definition) is 5. The van der Waals surface area contributed by atoms with Gasteiger partial charge in [0.05, 0.1) is 24.2 Å². The van der Waals surface area contributed by atoms with Crippen LogP contribution < -0.4 is 10.4 Å². The van der Waals surface area contributed by atoms with E-state index in [1.165, 1.54) is 12.8 Å². The molecule has 3 aromatic rings. The number of carbonyl (C=O) groups is 1. The van der Waals surface area contributed by atoms with Crippen LogP contribution in [0.25, 0.3) is 11.2 Å². The summed E-state index contributed by atoms with van der Waals surface area (Å²) in [5, 5.41) is 0. The Hall–Kier alpha value is -3.16. The van der Waals surface area contributed by atoms with E-state index in [0.717, 1.165) is 24.9 Å². The van der Waals surface area contributed by atoms with E-state index in [1.54, 1.807) is 31.6 Å². The molecule has 156 valence electrons. The minimum Gasteiger partial charge on any atom is -0.481 e. The number of hydrogen-bond donors (Lipinski definition) is 0. The third kappa shape index (κ3) is 3.36. The third-order valence-corrected chi connectivity index (χ3v) is 6.10. The van der Waals surface area contributed by atoms with Crippen LogP contribution in [0.5, 0.6) is 5.88 Å². The zero-order valence-electron chi connectivity index (χ0n) is 17.0. The lowest BCUT2D eigenvalue weighted by molar-refractivity contribution is 0.0678. The van der Waals surface area contributed by atoms with Crippen molar-refractivity contribution in [2.45, 2.75) is 38.3 Å². The largest absolute Gasteiger partial charge is 0.481 e. The van der Waals surface area contributed by atoms with Crippen LogP contribution in [0.2, 0.25) is 0 Å². The molecule has 30 heavy (non-hydrogen) atoms. The Morgan fingerprint density at radius 3 is 2.80 bits per heavy atom. The fourth-order valence-corrected chi connectivity index (χ4v) is 4.33. The standard InChI is InChI=1S/C22H25N5O3/c1-30-19-9-8-16(12-24-19)21(28)25-11-3-4-17(14-25)27-20-18(5-2-10-23-20)26(22(27)29)13-15-6-7-15/h2,5,8-10,12,15,17H,3-4,6-7,11,13-14H2,1H3/t17-/m0/s1. The topological polar surface area (TPSA) is 82.2 Å². The number of nitrogens with zero attached hydrogens (tertiary/aromatic N) is 5. The first kappa shape index (κ1) is 18.8. The molecule has 3 aromatic heterocycles. The maximum absolute atomic E-state index is 13.3. The Morgan fingerprint density at radius 1 is 1.20 bits per heavy atom. The molecule has 0 bridgehead atoms. The van der Waals surface area contributed by atoms with Crippen LogP contribution in [0.15, 0.2) is 41.5 Å². The highest BCUT2D eigenvalue weighted by Crippen LogP contribution is 2.32. The Labute approximate surface area is 174 Å². The zero-order valence-corrected chi connectivity index (χ0v) is 17.0. The van der Waals surface area contributed by atoms with Crippen LogP contribution in [0, 0.1) is 5.92 Å². The lowest BCUT2D eigenvalue weighted by atomic mass is 10.0. The number of aromatic nitrogens is 4. The number of carbonyl (C=O) groups excluding carboxylic acids is 1. The molecule has 1 aliphatic carbocycles. The number of rotatable bonds is 5. The van der Waals surface area contributed by atoms with Gasteiger partial charge < -0.3 is 9.64 Å². The fraction of sp³-hybridized carbons (Fsp3) is 0.455. The fourth-order valence-electron chi connectivity index (χ4n) is 4.33. The van der Waals surface area contributed by atoms with Crippen LogP contribution in [-0.4, -0.2) is 50.1 Å². The molecule has 0 aromatic carbocycles. The van der Waals surface area contributed by atoms with E-state index in [-0.39, 0.29) is 17.6 Å². The summed E-state index contributed by atoms with van der Waals surface area (Å²) in [5.74, 6) is 0.996. The predicted molar refractivity (Wildman–Crippen MR) is 112 cm³/mol. The molecule has 1 aliphatic heterocycles. The van der Waals surface area contributed by atoms with Gasteiger partial charge >= 0.3 is 5.69 Å². The maximum atomic E-state index is 13.3. The number of fused-ring (bicyclic) bond motifs is 1. The van der Waals surface area contributed by atoms with E-state index in [4.69, 9.17) is 4.74 Å². The van der Waals surface area contributed by atoms with Gasteiger partial charge in [-0.15, -0.1) is 0 Å². The van der Waals surface area contributed by atoms with Crippen LogP contribution in [-0.2, 0) is 6.54 Å². The third-order valence-electron chi connectivity index (χ3n) is 6.10. The van der Waals surface area contributed by atoms with Gasteiger partial charge in [-0.25, -0.2) is 14.8 Å². The first-order chi connectivity index (χ1) is 14.7. The summed E-state index contributed by atoms with van der Waals surface area (Å²) in [5.41, 5.74) is 2.12. The molecule has 0 radical (unpaired) electrons. The molecule has 5 rings (SSSR count). The zero-order chi connectivity index (χ0) is 20.7. The number of pyridine rings is 2. The number of methoxy groups -OCH3 is 1. The Balaban J connectivity index is 1.44. The molecule has 1 saturated carbocycles. The van der Waals surface area contributed by atoms with E-state index >= 15 is 0 Å². The summed E-state index contributed by atoms with van der Waals surface area (Å²) in [6.45, 7) is 1.91. The van der Waals surface area contributed by atoms with E-state index in [0.29, 0.717) is 36.1 Å². The van der Waals surface area contributed by atoms with Crippen molar-refractivity contribution in [3.63, 3.8) is 0 Å². The second kappa shape index (κ2) is 7.59. The molecule has 0 N–H and O–H groups in total. The molecule has 0 spiro atoms. The van der Waals surface area contributed by atoms with Crippen LogP contribution in [0.1, 0.15) is 42.1 Å². The second-order valence-corrected chi connectivity index (χ2v) is 8.19. The molecule has 8 heteroatoms. The minimum absolute atomic E-state index is 0.0130. The number of likely N-dealkylation sites (tertiary alicyclic amines) is 1. The summed E-state index contributed by atoms with van der Waals surface area (Å²) in [6.07, 6.45) is 7.33. The van der Waals surface area contributed by atoms with Crippen molar-refractivity contribution in [1.29, 1.82) is 0 Å². The van der Waals surface area contributed by atoms with Gasteiger partial charge in [-0.05, 0) is 49.8 Å². The van der Waals surface area contributed by atoms with Crippen LogP contribution >= 0.6 is 0 Å². The van der Waals surface area contributed by atoms with Gasteiger partial charge in [0.1, 0.15) is 0 Å². The summed E-state index contributed by atoms with van der Waals surface area (Å²) in [4.78, 5) is 36.8. The molecule has 0 unspecified atom stereocenters. The second-order valence-electron chi connectivity index (χ2n) is 8.19. The van der Waals surface area contributed by atoms with Crippen LogP contribution in [0.3, 0.4) is 0 Å². The van der Waals surface area contributed by atoms with Gasteiger partial charge in [0.2, 0.25) is 5.88 Å². The smallest absolute Gasteiger partial charge is 0.330 e. The van der Waals surface area contributed by atoms with Gasteiger partial charge in [-0.1, -0.05) is 0 Å². The van der Waals surface area contributed by atoms with E-state index in [1.807, 2.05) is 26.2 Å². The highest BCUT2D eigenvalue weighted by Gasteiger charge is 2.31. The van der Waals surface area contributed by atoms with Crippen molar-refractivity contribution in [2.24, 2.45) is 5.92 Å². The number of piperidine rings is 1. The highest BCUT2D eigenvalue weighted by atomic mass is 16.5. The molecule has 2 aliphatic rings. The summed E-state index contributed by atoms with van der Waals surface area (Å²) in [7, 11) is 1.55. The van der Waals surface area contributed by atoms with E-state index in [9.17, 15) is 9.59 Å². The molecule has 1 amide bonds. The normalized spacial score (nSPS) is 19.2. The summed E-state index contributed by atoms with van der Waals surface area (Å²) >= 11 is 0. The van der Waals surface area contributed by atoms with Gasteiger partial charge in [0, 0.05) is 38.1 Å². The van der Waals surface area contributed by atoms with Crippen molar-refractivity contribution in [2.75, 3.05) is 20.2 Å². The summed E-state index contributed by atoms with van der Waals surface area (Å²) < 4.78 is 8.75. The molecular weight excluding hydrogens is 382 g/mol. The Bertz CT molecular complexity index is 1130. The lowest BCUT2D eigenvalue weighted by Crippen LogP contribution is -2.43. The summed E-state index contributed by atoms with van der Waals surface area (Å²) in [6, 6.07) is 7.18. The molecule has 2 fully saturated rings. The quantitative estimate of drug-likeness (QED) is 0.649. The monoisotopic (exact) mass is 407 g/mol. The molecule has 8 nitrogen and oxygen atoms in total. The van der Waals surface area contributed by atoms with Gasteiger partial charge in [0.25, 0.3) is 5.91 Å². The van der Waals surface area contributed by atoms with Crippen molar-refractivity contribution < 1.29 is 9.53 Å². The van der Waals surface area contributed by atoms with E-state index < -0.39 is 0 Å². The van der Waals surface area contributed by atoms with E-state index in [2.05, 4.69) is 9.97 Å². The van der Waals surface area contributed by atoms with Gasteiger partial charge in [-0.3, -0.25) is 13.9 Å². The van der Waals surface area contributed by atoms with Crippen molar-refractivity contribution >= 4 is 17.1 Å². The van der Waals surface area contributed by atoms with Crippen molar-refractivity contribution in [1.82, 2.24) is 24.0 Å². The first-order valence-corrected chi connectivity index (χ1v) is 10.5. The minimum atomic E-state index is -0.0840. The van der Waals surface area contributed by atoms with Crippen molar-refractivity contribution in [3.05, 3.63) is 52.7 Å². The van der Waals surface area contributed by atoms with Gasteiger partial charge in [-0.2, -0.15) is 0 Å². The van der Waals surface area contributed by atoms with Crippen molar-refractivity contribution in [3.8, 4) is 5.88 Å². The predicted octanol–water partition coefficient (Wildman–Crippen LogP) is 2.49. The lowest BCUT2D eigenvalue weighted by Gasteiger charge is -2.33. The Morgan fingerprint density at radius 2 is 2.07 bits per heavy atom. The Kier molecular flexibility index (Phi) is 4.77. The number of ether oxygens (including phenoxy) is 1. The molecule has 1 atom stereocenters. The number of imidazole rings is 1. The average Bonchev–Trinajstić information content (AvgIpc) is 3.57. The first-order valence-electron chi connectivity index (χ1n) is 10.5. The highest BCUT2D eigenvalue weighted by molar-refractivity contribution is 5.94. The average molecular weight is 407 g/mol. The number of amides is 1. The SMILES string of the molecule is COc1ccc(C(=O)N2CCC[C@H](n3c(=O)n(CC4CC4)c4cccnc43)C2)cn1. The maximum Gasteiger partial charge on any atom is 0.330 e. The molecule has 4 heterocycles.